The summed E-state index contributed by atoms with van der Waals surface area (Å²) < 4.78 is 0. The van der Waals surface area contributed by atoms with Crippen molar-refractivity contribution in [3.05, 3.63) is 42.5 Å². The van der Waals surface area contributed by atoms with E-state index in [1.54, 1.807) is 0 Å². The van der Waals surface area contributed by atoms with Gasteiger partial charge in [0.15, 0.2) is 0 Å². The van der Waals surface area contributed by atoms with E-state index in [0.717, 1.165) is 22.5 Å². The summed E-state index contributed by atoms with van der Waals surface area (Å²) in [5.74, 6) is -0.212. The number of hydrogen-bond acceptors (Lipinski definition) is 3. The van der Waals surface area contributed by atoms with Crippen molar-refractivity contribution in [1.29, 1.82) is 0 Å². The second-order valence-electron chi connectivity index (χ2n) is 3.72. The Morgan fingerprint density at radius 3 is 2.56 bits per heavy atom. The van der Waals surface area contributed by atoms with Gasteiger partial charge in [-0.1, -0.05) is 42.1 Å². The minimum atomic E-state index is -0.552. The van der Waals surface area contributed by atoms with Gasteiger partial charge in [-0.2, -0.15) is 0 Å². The van der Waals surface area contributed by atoms with Gasteiger partial charge in [-0.15, -0.1) is 0 Å². The first-order valence-corrected chi connectivity index (χ1v) is 6.34. The molecule has 5 heteroatoms. The minimum absolute atomic E-state index is 0.0299. The van der Waals surface area contributed by atoms with E-state index in [1.165, 1.54) is 0 Å². The van der Waals surface area contributed by atoms with Crippen LogP contribution >= 0.6 is 11.8 Å². The molecule has 0 bridgehead atoms. The fourth-order valence-electron chi connectivity index (χ4n) is 1.60. The molecule has 0 saturated heterocycles. The summed E-state index contributed by atoms with van der Waals surface area (Å²) in [5.41, 5.74) is 5.66. The molecule has 0 aliphatic heterocycles. The van der Waals surface area contributed by atoms with Crippen molar-refractivity contribution in [3.8, 4) is 0 Å². The molecule has 0 fully saturated rings. The molecule has 0 radical (unpaired) electrons. The first-order valence-electron chi connectivity index (χ1n) is 5.36. The molecule has 3 N–H and O–H groups in total. The van der Waals surface area contributed by atoms with Crippen LogP contribution in [0, 0.1) is 0 Å². The lowest BCUT2D eigenvalue weighted by molar-refractivity contribution is -0.113. The number of nitrogens with two attached hydrogens (primary N) is 1. The Kier molecular flexibility index (Phi) is 3.84. The summed E-state index contributed by atoms with van der Waals surface area (Å²) in [5, 5.41) is 4.34. The molecule has 2 rings (SSSR count). The molecule has 0 spiro atoms. The number of carbonyl (C=O) groups is 2. The van der Waals surface area contributed by atoms with E-state index >= 15 is 0 Å². The number of anilines is 1. The van der Waals surface area contributed by atoms with Crippen LogP contribution in [-0.2, 0) is 4.79 Å². The topological polar surface area (TPSA) is 72.2 Å². The van der Waals surface area contributed by atoms with Gasteiger partial charge in [-0.25, -0.2) is 0 Å². The van der Waals surface area contributed by atoms with Crippen molar-refractivity contribution < 1.29 is 9.59 Å². The predicted octanol–water partition coefficient (Wildman–Crippen LogP) is 2.59. The second kappa shape index (κ2) is 5.55. The Bertz CT molecular complexity index is 598. The zero-order valence-electron chi connectivity index (χ0n) is 9.55. The van der Waals surface area contributed by atoms with E-state index in [9.17, 15) is 9.59 Å². The van der Waals surface area contributed by atoms with Gasteiger partial charge in [0, 0.05) is 5.69 Å². The largest absolute Gasteiger partial charge is 0.361 e. The maximum Gasteiger partial charge on any atom is 0.276 e. The molecule has 92 valence electrons. The van der Waals surface area contributed by atoms with E-state index in [2.05, 4.69) is 5.32 Å². The summed E-state index contributed by atoms with van der Waals surface area (Å²) in [7, 11) is 0. The third kappa shape index (κ3) is 3.24. The van der Waals surface area contributed by atoms with Crippen LogP contribution in [0.5, 0.6) is 0 Å². The van der Waals surface area contributed by atoms with Gasteiger partial charge in [-0.3, -0.25) is 9.59 Å². The number of fused-ring (bicyclic) bond motifs is 1. The first kappa shape index (κ1) is 12.4. The van der Waals surface area contributed by atoms with Gasteiger partial charge >= 0.3 is 0 Å². The number of rotatable bonds is 3. The molecule has 2 aromatic rings. The van der Waals surface area contributed by atoms with Crippen molar-refractivity contribution in [3.63, 3.8) is 0 Å². The zero-order valence-corrected chi connectivity index (χ0v) is 10.4. The third-order valence-electron chi connectivity index (χ3n) is 2.38. The molecule has 0 atom stereocenters. The summed E-state index contributed by atoms with van der Waals surface area (Å²) in [4.78, 5) is 22.0. The highest BCUT2D eigenvalue weighted by molar-refractivity contribution is 8.14. The highest BCUT2D eigenvalue weighted by Gasteiger charge is 2.05. The van der Waals surface area contributed by atoms with Gasteiger partial charge in [-0.05, 0) is 22.9 Å². The van der Waals surface area contributed by atoms with Crippen LogP contribution in [0.25, 0.3) is 10.8 Å². The lowest BCUT2D eigenvalue weighted by atomic mass is 10.1. The molecule has 0 aromatic heterocycles. The van der Waals surface area contributed by atoms with Gasteiger partial charge in [0.25, 0.3) is 5.24 Å². The van der Waals surface area contributed by atoms with Gasteiger partial charge in [0.2, 0.25) is 5.91 Å². The number of primary amides is 1. The SMILES string of the molecule is NC(=O)SCC(=O)Nc1ccc2ccccc2c1. The summed E-state index contributed by atoms with van der Waals surface area (Å²) in [6.45, 7) is 0. The lowest BCUT2D eigenvalue weighted by Crippen LogP contribution is -2.16. The molecule has 4 nitrogen and oxygen atoms in total. The van der Waals surface area contributed by atoms with Gasteiger partial charge in [0.1, 0.15) is 0 Å². The lowest BCUT2D eigenvalue weighted by Gasteiger charge is -2.05. The van der Waals surface area contributed by atoms with Crippen LogP contribution in [0.4, 0.5) is 10.5 Å². The highest BCUT2D eigenvalue weighted by Crippen LogP contribution is 2.18. The molecule has 2 aromatic carbocycles. The molecule has 2 amide bonds. The van der Waals surface area contributed by atoms with Crippen molar-refractivity contribution in [2.24, 2.45) is 5.73 Å². The van der Waals surface area contributed by atoms with Crippen LogP contribution < -0.4 is 11.1 Å². The van der Waals surface area contributed by atoms with Gasteiger partial charge in [0.05, 0.1) is 5.75 Å². The quantitative estimate of drug-likeness (QED) is 0.891. The Labute approximate surface area is 109 Å². The van der Waals surface area contributed by atoms with E-state index < -0.39 is 5.24 Å². The predicted molar refractivity (Wildman–Crippen MR) is 74.6 cm³/mol. The molecular formula is C13H12N2O2S. The van der Waals surface area contributed by atoms with Crippen LogP contribution in [0.2, 0.25) is 0 Å². The number of carbonyl (C=O) groups excluding carboxylic acids is 2. The van der Waals surface area contributed by atoms with Crippen LogP contribution in [0.1, 0.15) is 0 Å². The summed E-state index contributed by atoms with van der Waals surface area (Å²) >= 11 is 0.789. The number of hydrogen-bond donors (Lipinski definition) is 2. The average molecular weight is 260 g/mol. The van der Waals surface area contributed by atoms with E-state index in [1.807, 2.05) is 42.5 Å². The maximum atomic E-state index is 11.5. The molecule has 0 unspecified atom stereocenters. The Morgan fingerprint density at radius 2 is 1.83 bits per heavy atom. The molecule has 18 heavy (non-hydrogen) atoms. The summed E-state index contributed by atoms with van der Waals surface area (Å²) in [6.07, 6.45) is 0. The monoisotopic (exact) mass is 260 g/mol. The third-order valence-corrected chi connectivity index (χ3v) is 3.07. The molecular weight excluding hydrogens is 248 g/mol. The van der Waals surface area contributed by atoms with Crippen LogP contribution in [-0.4, -0.2) is 16.9 Å². The van der Waals surface area contributed by atoms with Crippen molar-refractivity contribution >= 4 is 39.4 Å². The average Bonchev–Trinajstić information content (AvgIpc) is 2.36. The molecule has 0 aliphatic rings. The zero-order chi connectivity index (χ0) is 13.0. The Balaban J connectivity index is 2.07. The smallest absolute Gasteiger partial charge is 0.276 e. The first-order chi connectivity index (χ1) is 8.65. The molecule has 0 saturated carbocycles. The number of amides is 2. The fourth-order valence-corrected chi connectivity index (χ4v) is 1.95. The van der Waals surface area contributed by atoms with Crippen molar-refractivity contribution in [1.82, 2.24) is 0 Å². The molecule has 0 heterocycles. The van der Waals surface area contributed by atoms with E-state index in [0.29, 0.717) is 5.69 Å². The van der Waals surface area contributed by atoms with Crippen LogP contribution in [0.15, 0.2) is 42.5 Å². The number of thioether (sulfide) groups is 1. The maximum absolute atomic E-state index is 11.5. The standard InChI is InChI=1S/C13H12N2O2S/c14-13(17)18-8-12(16)15-11-6-5-9-3-1-2-4-10(9)7-11/h1-7H,8H2,(H2,14,17)(H,15,16). The molecule has 0 aliphatic carbocycles. The Morgan fingerprint density at radius 1 is 1.11 bits per heavy atom. The van der Waals surface area contributed by atoms with Gasteiger partial charge < -0.3 is 11.1 Å². The van der Waals surface area contributed by atoms with E-state index in [-0.39, 0.29) is 11.7 Å². The fraction of sp³-hybridized carbons (Fsp3) is 0.0769. The summed E-state index contributed by atoms with van der Waals surface area (Å²) in [6, 6.07) is 13.5. The van der Waals surface area contributed by atoms with E-state index in [4.69, 9.17) is 5.73 Å². The van der Waals surface area contributed by atoms with Crippen molar-refractivity contribution in [2.75, 3.05) is 11.1 Å². The Hall–Kier alpha value is -2.01. The highest BCUT2D eigenvalue weighted by atomic mass is 32.2. The van der Waals surface area contributed by atoms with Crippen molar-refractivity contribution in [2.45, 2.75) is 0 Å². The minimum Gasteiger partial charge on any atom is -0.361 e. The normalized spacial score (nSPS) is 10.2. The number of benzene rings is 2. The van der Waals surface area contributed by atoms with Crippen LogP contribution in [0.3, 0.4) is 0 Å². The second-order valence-corrected chi connectivity index (χ2v) is 4.70. The number of nitrogens with one attached hydrogen (secondary N) is 1.